The van der Waals surface area contributed by atoms with Crippen LogP contribution in [0.15, 0.2) is 24.4 Å². The predicted molar refractivity (Wildman–Crippen MR) is 164 cm³/mol. The minimum Gasteiger partial charge on any atom is -0.481 e. The van der Waals surface area contributed by atoms with Gasteiger partial charge in [-0.05, 0) is 52.7 Å². The molecule has 1 unspecified atom stereocenters. The van der Waals surface area contributed by atoms with E-state index in [1.807, 2.05) is 30.6 Å². The third-order valence-corrected chi connectivity index (χ3v) is 6.04. The van der Waals surface area contributed by atoms with Crippen molar-refractivity contribution in [2.24, 2.45) is 0 Å². The number of carbonyl (C=O) groups excluding carboxylic acids is 2. The van der Waals surface area contributed by atoms with Gasteiger partial charge in [0.05, 0.1) is 31.5 Å². The Morgan fingerprint density at radius 3 is 2.62 bits per heavy atom. The van der Waals surface area contributed by atoms with Gasteiger partial charge in [-0.1, -0.05) is 18.8 Å². The summed E-state index contributed by atoms with van der Waals surface area (Å²) in [6.07, 6.45) is 3.26. The zero-order valence-electron chi connectivity index (χ0n) is 26.0. The van der Waals surface area contributed by atoms with Crippen molar-refractivity contribution in [1.82, 2.24) is 20.2 Å². The van der Waals surface area contributed by atoms with Gasteiger partial charge in [0, 0.05) is 38.3 Å². The van der Waals surface area contributed by atoms with E-state index in [-0.39, 0.29) is 11.8 Å². The van der Waals surface area contributed by atoms with Crippen LogP contribution >= 0.6 is 0 Å². The van der Waals surface area contributed by atoms with Gasteiger partial charge in [0.15, 0.2) is 0 Å². The molecule has 2 rings (SSSR count). The molecule has 0 saturated heterocycles. The number of carbonyl (C=O) groups is 2. The number of methoxy groups -OCH3 is 1. The number of nitrogens with zero attached hydrogens (tertiary/aromatic N) is 3. The van der Waals surface area contributed by atoms with E-state index < -0.39 is 17.7 Å². The van der Waals surface area contributed by atoms with Crippen molar-refractivity contribution in [3.05, 3.63) is 35.5 Å². The van der Waals surface area contributed by atoms with Crippen LogP contribution in [0.4, 0.5) is 27.9 Å². The van der Waals surface area contributed by atoms with Crippen molar-refractivity contribution < 1.29 is 24.4 Å². The third-order valence-electron chi connectivity index (χ3n) is 6.04. The van der Waals surface area contributed by atoms with Crippen LogP contribution in [-0.2, 0) is 14.3 Å². The van der Waals surface area contributed by atoms with E-state index in [4.69, 9.17) is 14.9 Å². The van der Waals surface area contributed by atoms with Crippen LogP contribution in [-0.4, -0.2) is 78.7 Å². The number of aromatic nitrogens is 2. The smallest absolute Gasteiger partial charge is 0.410 e. The van der Waals surface area contributed by atoms with Crippen LogP contribution in [0.2, 0.25) is 0 Å². The number of nitrogens with two attached hydrogens (primary N) is 1. The van der Waals surface area contributed by atoms with E-state index in [1.54, 1.807) is 40.9 Å². The lowest BCUT2D eigenvalue weighted by Gasteiger charge is -2.28. The highest BCUT2D eigenvalue weighted by molar-refractivity contribution is 5.96. The van der Waals surface area contributed by atoms with Gasteiger partial charge in [0.1, 0.15) is 23.1 Å². The van der Waals surface area contributed by atoms with Crippen LogP contribution in [0.1, 0.15) is 65.0 Å². The van der Waals surface area contributed by atoms with Gasteiger partial charge in [-0.15, -0.1) is 0 Å². The number of anilines is 3. The normalized spacial score (nSPS) is 11.4. The lowest BCUT2D eigenvalue weighted by molar-refractivity contribution is -0.539. The molecule has 2 aromatic rings. The predicted octanol–water partition coefficient (Wildman–Crippen LogP) is 3.34. The molecule has 0 fully saturated rings. The number of ether oxygens (including phenoxy) is 2. The first-order valence-corrected chi connectivity index (χ1v) is 14.1. The van der Waals surface area contributed by atoms with Gasteiger partial charge in [-0.25, -0.2) is 9.78 Å². The number of rotatable bonds is 12. The van der Waals surface area contributed by atoms with Crippen molar-refractivity contribution in [3.8, 4) is 11.8 Å². The fourth-order valence-corrected chi connectivity index (χ4v) is 3.60. The zero-order valence-corrected chi connectivity index (χ0v) is 26.0. The fourth-order valence-electron chi connectivity index (χ4n) is 3.60. The average molecular weight is 582 g/mol. The van der Waals surface area contributed by atoms with Crippen LogP contribution < -0.4 is 21.3 Å². The monoisotopic (exact) mass is 581 g/mol. The van der Waals surface area contributed by atoms with Crippen LogP contribution in [0.25, 0.3) is 0 Å². The van der Waals surface area contributed by atoms with Crippen LogP contribution in [0.3, 0.4) is 0 Å². The molecule has 1 aromatic carbocycles. The van der Waals surface area contributed by atoms with E-state index >= 15 is 0 Å². The summed E-state index contributed by atoms with van der Waals surface area (Å²) in [4.78, 5) is 35.0. The quantitative estimate of drug-likeness (QED) is 0.0839. The Balaban J connectivity index is 1.99. The second-order valence-electron chi connectivity index (χ2n) is 10.6. The molecule has 0 aliphatic carbocycles. The summed E-state index contributed by atoms with van der Waals surface area (Å²) in [6, 6.07) is 4.92. The summed E-state index contributed by atoms with van der Waals surface area (Å²) in [7, 11) is 4.93. The number of quaternary nitrogens is 1. The number of amides is 2. The molecule has 12 heteroatoms. The molecule has 228 valence electrons. The molecule has 2 amide bonds. The molecule has 0 saturated carbocycles. The molecule has 1 aromatic heterocycles. The number of hydrogen-bond acceptors (Lipinski definition) is 9. The first-order valence-electron chi connectivity index (χ1n) is 14.1. The number of hydrogen-bond donors (Lipinski definition) is 5. The molecule has 0 spiro atoms. The molecule has 0 aliphatic rings. The van der Waals surface area contributed by atoms with Crippen molar-refractivity contribution in [1.29, 1.82) is 5.41 Å². The van der Waals surface area contributed by atoms with E-state index in [9.17, 15) is 9.59 Å². The number of nitrogens with one attached hydrogen (secondary N) is 4. The van der Waals surface area contributed by atoms with Gasteiger partial charge in [0.25, 0.3) is 0 Å². The molecule has 1 atom stereocenters. The Kier molecular flexibility index (Phi) is 13.0. The van der Waals surface area contributed by atoms with Crippen molar-refractivity contribution in [2.45, 2.75) is 65.5 Å². The lowest BCUT2D eigenvalue weighted by atomic mass is 10.1. The minimum atomic E-state index is -0.661. The van der Waals surface area contributed by atoms with E-state index in [1.165, 1.54) is 12.0 Å². The second kappa shape index (κ2) is 16.2. The van der Waals surface area contributed by atoms with E-state index in [2.05, 4.69) is 44.7 Å². The van der Waals surface area contributed by atoms with Gasteiger partial charge >= 0.3 is 6.09 Å². The SMILES string of the molecule is CCCNc1nc(Nc2ccc(C(=N)OC)c([NH2+]C)c2)ncc1C#CCCCNC(=O)C(C)N(C)C(=O)OC(C)(C)C. The maximum absolute atomic E-state index is 12.5. The highest BCUT2D eigenvalue weighted by Crippen LogP contribution is 2.22. The standard InChI is InChI=1S/C30H44N8O4/c1-9-16-33-26-21(13-11-10-12-17-34-27(39)20(2)38(7)29(40)42-30(3,4)5)19-35-28(37-26)36-22-14-15-23(25(31)41-8)24(18-22)32-6/h14-15,18-20,31-32H,9-10,12,16-17H2,1-8H3,(H,34,39)(H2,33,35,36,37)/p+1. The first-order chi connectivity index (χ1) is 19.9. The summed E-state index contributed by atoms with van der Waals surface area (Å²) in [5.41, 5.74) is 2.39. The highest BCUT2D eigenvalue weighted by Gasteiger charge is 2.26. The second-order valence-corrected chi connectivity index (χ2v) is 10.6. The Morgan fingerprint density at radius 2 is 1.98 bits per heavy atom. The Morgan fingerprint density at radius 1 is 1.24 bits per heavy atom. The van der Waals surface area contributed by atoms with Crippen LogP contribution in [0, 0.1) is 17.3 Å². The van der Waals surface area contributed by atoms with Crippen molar-refractivity contribution >= 4 is 41.0 Å². The summed E-state index contributed by atoms with van der Waals surface area (Å²) in [5.74, 6) is 7.16. The van der Waals surface area contributed by atoms with Gasteiger partial charge in [-0.3, -0.25) is 15.1 Å². The molecule has 0 bridgehead atoms. The Hall–Kier alpha value is -4.37. The molecule has 0 radical (unpaired) electrons. The van der Waals surface area contributed by atoms with Gasteiger partial charge in [0.2, 0.25) is 17.8 Å². The topological polar surface area (TPSA) is 158 Å². The molecule has 1 heterocycles. The molecule has 12 nitrogen and oxygen atoms in total. The van der Waals surface area contributed by atoms with Gasteiger partial charge in [-0.2, -0.15) is 4.98 Å². The van der Waals surface area contributed by atoms with Crippen LogP contribution in [0.5, 0.6) is 0 Å². The molecule has 0 aliphatic heterocycles. The van der Waals surface area contributed by atoms with E-state index in [0.29, 0.717) is 42.3 Å². The average Bonchev–Trinajstić information content (AvgIpc) is 2.96. The first kappa shape index (κ1) is 33.8. The summed E-state index contributed by atoms with van der Waals surface area (Å²) in [6.45, 7) is 10.2. The minimum absolute atomic E-state index is 0.0996. The zero-order chi connectivity index (χ0) is 31.3. The Bertz CT molecular complexity index is 1300. The summed E-state index contributed by atoms with van der Waals surface area (Å²) < 4.78 is 10.4. The fraction of sp³-hybridized carbons (Fsp3) is 0.500. The molecule has 6 N–H and O–H groups in total. The highest BCUT2D eigenvalue weighted by atomic mass is 16.6. The van der Waals surface area contributed by atoms with Crippen molar-refractivity contribution in [2.75, 3.05) is 44.9 Å². The van der Waals surface area contributed by atoms with Gasteiger partial charge < -0.3 is 30.7 Å². The molecule has 42 heavy (non-hydrogen) atoms. The van der Waals surface area contributed by atoms with Crippen molar-refractivity contribution in [3.63, 3.8) is 0 Å². The number of unbranched alkanes of at least 4 members (excludes halogenated alkanes) is 1. The maximum atomic E-state index is 12.5. The maximum Gasteiger partial charge on any atom is 0.410 e. The summed E-state index contributed by atoms with van der Waals surface area (Å²) >= 11 is 0. The molecular formula is C30H45N8O4+. The van der Waals surface area contributed by atoms with E-state index in [0.717, 1.165) is 24.3 Å². The summed E-state index contributed by atoms with van der Waals surface area (Å²) in [5, 5.41) is 19.3. The number of benzene rings is 1. The molecular weight excluding hydrogens is 536 g/mol. The Labute approximate surface area is 248 Å². The third kappa shape index (κ3) is 10.6. The number of likely N-dealkylation sites (N-methyl/N-ethyl adjacent to an activating group) is 1. The lowest BCUT2D eigenvalue weighted by Crippen LogP contribution is -2.73. The largest absolute Gasteiger partial charge is 0.481 e.